The summed E-state index contributed by atoms with van der Waals surface area (Å²) in [6, 6.07) is 2.63. The Morgan fingerprint density at radius 2 is 2.22 bits per heavy atom. The van der Waals surface area contributed by atoms with E-state index in [1.807, 2.05) is 0 Å². The Kier molecular flexibility index (Phi) is 4.78. The number of aliphatic hydroxyl groups is 2. The van der Waals surface area contributed by atoms with Crippen LogP contribution in [0.2, 0.25) is 0 Å². The van der Waals surface area contributed by atoms with Crippen molar-refractivity contribution in [3.8, 4) is 0 Å². The topological polar surface area (TPSA) is 82.5 Å². The Bertz CT molecular complexity index is 456. The van der Waals surface area contributed by atoms with Crippen LogP contribution in [0.3, 0.4) is 0 Å². The lowest BCUT2D eigenvalue weighted by molar-refractivity contribution is -0.133. The minimum Gasteiger partial charge on any atom is -0.366 e. The fraction of sp³-hybridized carbons (Fsp3) is 0.455. The summed E-state index contributed by atoms with van der Waals surface area (Å²) in [7, 11) is 0. The maximum atomic E-state index is 13.0. The second kappa shape index (κ2) is 5.73. The molecule has 0 spiro atoms. The third-order valence-corrected chi connectivity index (χ3v) is 3.00. The molecule has 0 aliphatic heterocycles. The maximum Gasteiger partial charge on any atom is 0.217 e. The molecular weight excluding hydrogens is 307 g/mol. The van der Waals surface area contributed by atoms with Crippen molar-refractivity contribution in [1.29, 1.82) is 0 Å². The molecule has 1 amide bonds. The molecule has 1 aromatic heterocycles. The predicted molar refractivity (Wildman–Crippen MR) is 66.0 cm³/mol. The highest BCUT2D eigenvalue weighted by Crippen LogP contribution is 2.18. The number of nitrogens with one attached hydrogen (secondary N) is 1. The first-order chi connectivity index (χ1) is 8.24. The van der Waals surface area contributed by atoms with Crippen molar-refractivity contribution in [2.45, 2.75) is 32.1 Å². The van der Waals surface area contributed by atoms with Crippen molar-refractivity contribution >= 4 is 21.8 Å². The van der Waals surface area contributed by atoms with E-state index in [1.54, 1.807) is 0 Å². The Labute approximate surface area is 112 Å². The second-order valence-electron chi connectivity index (χ2n) is 4.22. The first-order valence-corrected chi connectivity index (χ1v) is 6.00. The predicted octanol–water partition coefficient (Wildman–Crippen LogP) is 0.731. The molecule has 3 N–H and O–H groups in total. The molecule has 1 unspecified atom stereocenters. The van der Waals surface area contributed by atoms with Gasteiger partial charge in [-0.2, -0.15) is 0 Å². The molecule has 0 saturated carbocycles. The van der Waals surface area contributed by atoms with Gasteiger partial charge in [0.2, 0.25) is 5.91 Å². The largest absolute Gasteiger partial charge is 0.366 e. The number of carbonyl (C=O) groups is 1. The van der Waals surface area contributed by atoms with E-state index in [0.29, 0.717) is 5.69 Å². The van der Waals surface area contributed by atoms with E-state index in [2.05, 4.69) is 26.2 Å². The Balaban J connectivity index is 2.96. The molecule has 0 bridgehead atoms. The molecule has 0 aliphatic rings. The average Bonchev–Trinajstić information content (AvgIpc) is 2.22. The summed E-state index contributed by atoms with van der Waals surface area (Å²) in [5.41, 5.74) is -0.858. The number of hydrogen-bond donors (Lipinski definition) is 3. The number of nitrogens with zero attached hydrogens (tertiary/aromatic N) is 1. The summed E-state index contributed by atoms with van der Waals surface area (Å²) in [5, 5.41) is 21.1. The van der Waals surface area contributed by atoms with Gasteiger partial charge in [-0.05, 0) is 35.0 Å². The third-order valence-electron chi connectivity index (χ3n) is 2.44. The van der Waals surface area contributed by atoms with Gasteiger partial charge in [-0.15, -0.1) is 0 Å². The van der Waals surface area contributed by atoms with Crippen molar-refractivity contribution < 1.29 is 19.4 Å². The number of aliphatic hydroxyl groups excluding tert-OH is 1. The van der Waals surface area contributed by atoms with Crippen LogP contribution in [0.4, 0.5) is 4.39 Å². The zero-order chi connectivity index (χ0) is 13.9. The fourth-order valence-corrected chi connectivity index (χ4v) is 1.89. The van der Waals surface area contributed by atoms with E-state index >= 15 is 0 Å². The van der Waals surface area contributed by atoms with Gasteiger partial charge in [0, 0.05) is 19.0 Å². The number of pyridine rings is 1. The molecule has 18 heavy (non-hydrogen) atoms. The molecule has 0 radical (unpaired) electrons. The highest BCUT2D eigenvalue weighted by atomic mass is 79.9. The zero-order valence-electron chi connectivity index (χ0n) is 9.94. The van der Waals surface area contributed by atoms with Gasteiger partial charge in [-0.3, -0.25) is 4.79 Å². The molecule has 1 aromatic rings. The van der Waals surface area contributed by atoms with Gasteiger partial charge in [0.05, 0.1) is 5.54 Å². The van der Waals surface area contributed by atoms with Crippen LogP contribution < -0.4 is 5.32 Å². The van der Waals surface area contributed by atoms with E-state index in [-0.39, 0.29) is 11.0 Å². The number of hydrogen-bond acceptors (Lipinski definition) is 4. The molecule has 1 heterocycles. The molecule has 1 atom stereocenters. The lowest BCUT2D eigenvalue weighted by atomic mass is 9.94. The Hall–Kier alpha value is -1.05. The highest BCUT2D eigenvalue weighted by molar-refractivity contribution is 9.10. The average molecular weight is 321 g/mol. The fourth-order valence-electron chi connectivity index (χ4n) is 1.53. The molecule has 0 aromatic carbocycles. The first-order valence-electron chi connectivity index (χ1n) is 5.20. The number of rotatable bonds is 4. The van der Waals surface area contributed by atoms with Gasteiger partial charge in [0.25, 0.3) is 0 Å². The summed E-state index contributed by atoms with van der Waals surface area (Å²) < 4.78 is 13.1. The summed E-state index contributed by atoms with van der Waals surface area (Å²) >= 11 is 2.94. The summed E-state index contributed by atoms with van der Waals surface area (Å²) in [5.74, 6) is -0.906. The Morgan fingerprint density at radius 3 is 2.67 bits per heavy atom. The molecule has 7 heteroatoms. The van der Waals surface area contributed by atoms with Crippen LogP contribution >= 0.6 is 15.9 Å². The van der Waals surface area contributed by atoms with Gasteiger partial charge in [0.15, 0.2) is 12.1 Å². The van der Waals surface area contributed by atoms with Gasteiger partial charge in [-0.1, -0.05) is 0 Å². The number of aromatic nitrogens is 1. The summed E-state index contributed by atoms with van der Waals surface area (Å²) in [6.07, 6.45) is -1.70. The number of carbonyl (C=O) groups excluding carboxylic acids is 1. The molecule has 100 valence electrons. The minimum atomic E-state index is -1.76. The number of amides is 1. The number of halogens is 2. The van der Waals surface area contributed by atoms with Crippen molar-refractivity contribution in [3.63, 3.8) is 0 Å². The Morgan fingerprint density at radius 1 is 1.61 bits per heavy atom. The monoisotopic (exact) mass is 320 g/mol. The highest BCUT2D eigenvalue weighted by Gasteiger charge is 2.33. The van der Waals surface area contributed by atoms with Crippen LogP contribution in [-0.4, -0.2) is 32.9 Å². The van der Waals surface area contributed by atoms with E-state index in [9.17, 15) is 19.4 Å². The zero-order valence-corrected chi connectivity index (χ0v) is 11.5. The van der Waals surface area contributed by atoms with Crippen LogP contribution in [-0.2, 0) is 11.2 Å². The lowest BCUT2D eigenvalue weighted by Gasteiger charge is -2.31. The van der Waals surface area contributed by atoms with Crippen LogP contribution in [0.15, 0.2) is 16.7 Å². The van der Waals surface area contributed by atoms with Gasteiger partial charge >= 0.3 is 0 Å². The van der Waals surface area contributed by atoms with E-state index < -0.39 is 23.6 Å². The molecule has 0 aliphatic carbocycles. The normalized spacial score (nSPS) is 14.4. The van der Waals surface area contributed by atoms with Crippen molar-refractivity contribution in [2.75, 3.05) is 0 Å². The van der Waals surface area contributed by atoms with Crippen LogP contribution in [0.5, 0.6) is 0 Å². The molecule has 1 rings (SSSR count). The van der Waals surface area contributed by atoms with Crippen LogP contribution in [0.1, 0.15) is 19.5 Å². The summed E-state index contributed by atoms with van der Waals surface area (Å²) in [4.78, 5) is 15.0. The van der Waals surface area contributed by atoms with Gasteiger partial charge < -0.3 is 15.5 Å². The molecular formula is C11H14BrFN2O3. The molecule has 0 fully saturated rings. The lowest BCUT2D eigenvalue weighted by Crippen LogP contribution is -2.55. The summed E-state index contributed by atoms with van der Waals surface area (Å²) in [6.45, 7) is 2.74. The van der Waals surface area contributed by atoms with Crippen molar-refractivity contribution in [3.05, 3.63) is 28.2 Å². The third kappa shape index (κ3) is 3.72. The van der Waals surface area contributed by atoms with E-state index in [0.717, 1.165) is 0 Å². The van der Waals surface area contributed by atoms with Crippen molar-refractivity contribution in [1.82, 2.24) is 10.3 Å². The SMILES string of the molecule is CC(=O)NC(C)(Cc1ccc(F)c(Br)n1)C(O)O. The second-order valence-corrected chi connectivity index (χ2v) is 4.98. The van der Waals surface area contributed by atoms with Gasteiger partial charge in [-0.25, -0.2) is 9.37 Å². The first kappa shape index (κ1) is 15.0. The quantitative estimate of drug-likeness (QED) is 0.564. The molecule has 0 saturated heterocycles. The standard InChI is InChI=1S/C11H14BrFN2O3/c1-6(16)15-11(2,10(17)18)5-7-3-4-8(13)9(12)14-7/h3-4,10,17-18H,5H2,1-2H3,(H,15,16). The van der Waals surface area contributed by atoms with Crippen LogP contribution in [0.25, 0.3) is 0 Å². The minimum absolute atomic E-state index is 0.0394. The van der Waals surface area contributed by atoms with E-state index in [4.69, 9.17) is 0 Å². The van der Waals surface area contributed by atoms with Gasteiger partial charge in [0.1, 0.15) is 4.60 Å². The van der Waals surface area contributed by atoms with Crippen LogP contribution in [0, 0.1) is 5.82 Å². The molecule has 5 nitrogen and oxygen atoms in total. The van der Waals surface area contributed by atoms with Crippen molar-refractivity contribution in [2.24, 2.45) is 0 Å². The smallest absolute Gasteiger partial charge is 0.217 e. The van der Waals surface area contributed by atoms with E-state index in [1.165, 1.54) is 26.0 Å². The maximum absolute atomic E-state index is 13.0.